The molecule has 1 aromatic heterocycles. The normalized spacial score (nSPS) is 19.0. The predicted molar refractivity (Wildman–Crippen MR) is 84.4 cm³/mol. The minimum absolute atomic E-state index is 0.149. The van der Waals surface area contributed by atoms with Gasteiger partial charge < -0.3 is 9.47 Å². The fraction of sp³-hybridized carbons (Fsp3) is 0.438. The lowest BCUT2D eigenvalue weighted by molar-refractivity contribution is -0.148. The number of ether oxygens (including phenoxy) is 2. The van der Waals surface area contributed by atoms with Crippen LogP contribution < -0.4 is 4.90 Å². The molecule has 122 valence electrons. The summed E-state index contributed by atoms with van der Waals surface area (Å²) in [6, 6.07) is 5.95. The average molecular weight is 317 g/mol. The fourth-order valence-corrected chi connectivity index (χ4v) is 2.66. The van der Waals surface area contributed by atoms with E-state index in [1.807, 2.05) is 22.9 Å². The van der Waals surface area contributed by atoms with Gasteiger partial charge in [0.2, 0.25) is 6.10 Å². The lowest BCUT2D eigenvalue weighted by Gasteiger charge is -2.14. The highest BCUT2D eigenvalue weighted by atomic mass is 16.6. The van der Waals surface area contributed by atoms with Gasteiger partial charge in [-0.15, -0.1) is 0 Å². The number of rotatable bonds is 4. The van der Waals surface area contributed by atoms with Crippen molar-refractivity contribution in [1.29, 1.82) is 0 Å². The van der Waals surface area contributed by atoms with E-state index in [0.717, 1.165) is 17.3 Å². The van der Waals surface area contributed by atoms with Crippen LogP contribution >= 0.6 is 0 Å². The van der Waals surface area contributed by atoms with Crippen molar-refractivity contribution in [3.8, 4) is 0 Å². The van der Waals surface area contributed by atoms with E-state index < -0.39 is 18.2 Å². The number of hydrogen-bond acceptors (Lipinski definition) is 5. The molecule has 1 aliphatic rings. The summed E-state index contributed by atoms with van der Waals surface area (Å²) >= 11 is 0. The summed E-state index contributed by atoms with van der Waals surface area (Å²) in [6.45, 7) is 4.37. The maximum atomic E-state index is 12.0. The van der Waals surface area contributed by atoms with Crippen LogP contribution in [0.15, 0.2) is 24.4 Å². The monoisotopic (exact) mass is 317 g/mol. The molecular weight excluding hydrogens is 298 g/mol. The van der Waals surface area contributed by atoms with E-state index in [1.54, 1.807) is 6.20 Å². The van der Waals surface area contributed by atoms with E-state index in [4.69, 9.17) is 4.74 Å². The standard InChI is InChI=1S/C16H19N3O4/c1-4-10(2)19-13-6-5-12(7-11(13)8-17-19)18-9-14(15(20)22-3)23-16(18)21/h5-8,10,14H,4,9H2,1-3H3. The van der Waals surface area contributed by atoms with Gasteiger partial charge in [-0.3, -0.25) is 9.58 Å². The molecule has 7 heteroatoms. The Morgan fingerprint density at radius 1 is 1.52 bits per heavy atom. The SMILES string of the molecule is CCC(C)n1ncc2cc(N3CC(C(=O)OC)OC3=O)ccc21. The topological polar surface area (TPSA) is 73.7 Å². The second-order valence-electron chi connectivity index (χ2n) is 5.60. The summed E-state index contributed by atoms with van der Waals surface area (Å²) < 4.78 is 11.6. The van der Waals surface area contributed by atoms with Crippen LogP contribution in [0.5, 0.6) is 0 Å². The van der Waals surface area contributed by atoms with Crippen molar-refractivity contribution < 1.29 is 19.1 Å². The number of benzene rings is 1. The molecule has 2 heterocycles. The number of fused-ring (bicyclic) bond motifs is 1. The van der Waals surface area contributed by atoms with Crippen LogP contribution in [0.2, 0.25) is 0 Å². The smallest absolute Gasteiger partial charge is 0.415 e. The number of esters is 1. The molecule has 0 saturated carbocycles. The zero-order chi connectivity index (χ0) is 16.6. The van der Waals surface area contributed by atoms with Gasteiger partial charge in [0.25, 0.3) is 0 Å². The van der Waals surface area contributed by atoms with E-state index in [9.17, 15) is 9.59 Å². The number of hydrogen-bond donors (Lipinski definition) is 0. The lowest BCUT2D eigenvalue weighted by atomic mass is 10.2. The van der Waals surface area contributed by atoms with Crippen molar-refractivity contribution in [2.45, 2.75) is 32.4 Å². The third kappa shape index (κ3) is 2.62. The average Bonchev–Trinajstić information content (AvgIpc) is 3.16. The third-order valence-electron chi connectivity index (χ3n) is 4.18. The summed E-state index contributed by atoms with van der Waals surface area (Å²) in [6.07, 6.45) is 1.34. The largest absolute Gasteiger partial charge is 0.466 e. The summed E-state index contributed by atoms with van der Waals surface area (Å²) in [5.74, 6) is -0.550. The second kappa shape index (κ2) is 5.91. The number of anilines is 1. The van der Waals surface area contributed by atoms with E-state index >= 15 is 0 Å². The Morgan fingerprint density at radius 3 is 3.00 bits per heavy atom. The summed E-state index contributed by atoms with van der Waals surface area (Å²) in [7, 11) is 1.27. The van der Waals surface area contributed by atoms with Gasteiger partial charge in [0, 0.05) is 17.1 Å². The number of cyclic esters (lactones) is 1. The number of amides is 1. The highest BCUT2D eigenvalue weighted by Crippen LogP contribution is 2.27. The van der Waals surface area contributed by atoms with Crippen molar-refractivity contribution in [2.75, 3.05) is 18.6 Å². The van der Waals surface area contributed by atoms with E-state index in [2.05, 4.69) is 23.7 Å². The Bertz CT molecular complexity index is 755. The van der Waals surface area contributed by atoms with Gasteiger partial charge in [0.15, 0.2) is 0 Å². The van der Waals surface area contributed by atoms with Gasteiger partial charge in [0.05, 0.1) is 25.4 Å². The van der Waals surface area contributed by atoms with Gasteiger partial charge in [-0.2, -0.15) is 5.10 Å². The molecule has 0 N–H and O–H groups in total. The van der Waals surface area contributed by atoms with Gasteiger partial charge in [-0.05, 0) is 31.5 Å². The van der Waals surface area contributed by atoms with Crippen molar-refractivity contribution in [3.63, 3.8) is 0 Å². The minimum atomic E-state index is -0.883. The summed E-state index contributed by atoms with van der Waals surface area (Å²) in [5, 5.41) is 5.36. The summed E-state index contributed by atoms with van der Waals surface area (Å²) in [4.78, 5) is 24.9. The molecule has 2 unspecified atom stereocenters. The maximum Gasteiger partial charge on any atom is 0.415 e. The molecule has 0 bridgehead atoms. The van der Waals surface area contributed by atoms with Crippen LogP contribution in [0.25, 0.3) is 10.9 Å². The van der Waals surface area contributed by atoms with E-state index in [0.29, 0.717) is 11.7 Å². The zero-order valence-corrected chi connectivity index (χ0v) is 13.4. The Balaban J connectivity index is 1.89. The van der Waals surface area contributed by atoms with Gasteiger partial charge in [-0.25, -0.2) is 9.59 Å². The van der Waals surface area contributed by atoms with Crippen LogP contribution in [0.4, 0.5) is 10.5 Å². The van der Waals surface area contributed by atoms with Crippen molar-refractivity contribution >= 4 is 28.7 Å². The number of carbonyl (C=O) groups excluding carboxylic acids is 2. The minimum Gasteiger partial charge on any atom is -0.466 e. The van der Waals surface area contributed by atoms with Crippen LogP contribution in [0, 0.1) is 0 Å². The fourth-order valence-electron chi connectivity index (χ4n) is 2.66. The van der Waals surface area contributed by atoms with Crippen LogP contribution in [0.1, 0.15) is 26.3 Å². The number of methoxy groups -OCH3 is 1. The highest BCUT2D eigenvalue weighted by Gasteiger charge is 2.37. The molecule has 23 heavy (non-hydrogen) atoms. The van der Waals surface area contributed by atoms with E-state index in [-0.39, 0.29) is 6.54 Å². The Kier molecular flexibility index (Phi) is 3.94. The maximum absolute atomic E-state index is 12.0. The first-order chi connectivity index (χ1) is 11.0. The first-order valence-electron chi connectivity index (χ1n) is 7.58. The molecule has 0 spiro atoms. The third-order valence-corrected chi connectivity index (χ3v) is 4.18. The Morgan fingerprint density at radius 2 is 2.30 bits per heavy atom. The molecule has 0 aliphatic carbocycles. The molecular formula is C16H19N3O4. The molecule has 7 nitrogen and oxygen atoms in total. The quantitative estimate of drug-likeness (QED) is 0.810. The van der Waals surface area contributed by atoms with Gasteiger partial charge in [0.1, 0.15) is 0 Å². The molecule has 3 rings (SSSR count). The molecule has 0 radical (unpaired) electrons. The zero-order valence-electron chi connectivity index (χ0n) is 13.4. The predicted octanol–water partition coefficient (Wildman–Crippen LogP) is 2.51. The first kappa shape index (κ1) is 15.3. The van der Waals surface area contributed by atoms with Gasteiger partial charge >= 0.3 is 12.1 Å². The van der Waals surface area contributed by atoms with Crippen molar-refractivity contribution in [1.82, 2.24) is 9.78 Å². The summed E-state index contributed by atoms with van der Waals surface area (Å²) in [5.41, 5.74) is 1.69. The molecule has 1 aromatic carbocycles. The highest BCUT2D eigenvalue weighted by molar-refractivity contribution is 5.96. The molecule has 1 amide bonds. The van der Waals surface area contributed by atoms with Crippen LogP contribution in [-0.4, -0.2) is 41.6 Å². The Labute approximate surface area is 133 Å². The number of aromatic nitrogens is 2. The number of carbonyl (C=O) groups is 2. The molecule has 1 aliphatic heterocycles. The molecule has 1 saturated heterocycles. The number of nitrogens with zero attached hydrogens (tertiary/aromatic N) is 3. The molecule has 2 atom stereocenters. The lowest BCUT2D eigenvalue weighted by Crippen LogP contribution is -2.28. The van der Waals surface area contributed by atoms with Crippen LogP contribution in [0.3, 0.4) is 0 Å². The Hall–Kier alpha value is -2.57. The van der Waals surface area contributed by atoms with E-state index in [1.165, 1.54) is 12.0 Å². The first-order valence-corrected chi connectivity index (χ1v) is 7.58. The van der Waals surface area contributed by atoms with Crippen molar-refractivity contribution in [3.05, 3.63) is 24.4 Å². The molecule has 2 aromatic rings. The molecule has 1 fully saturated rings. The van der Waals surface area contributed by atoms with Crippen molar-refractivity contribution in [2.24, 2.45) is 0 Å². The van der Waals surface area contributed by atoms with Crippen LogP contribution in [-0.2, 0) is 14.3 Å². The second-order valence-corrected chi connectivity index (χ2v) is 5.60. The van der Waals surface area contributed by atoms with Gasteiger partial charge in [-0.1, -0.05) is 6.92 Å².